The van der Waals surface area contributed by atoms with Crippen LogP contribution in [-0.2, 0) is 10.5 Å². The van der Waals surface area contributed by atoms with Crippen molar-refractivity contribution in [3.05, 3.63) is 11.7 Å². The van der Waals surface area contributed by atoms with E-state index in [1.54, 1.807) is 7.11 Å². The number of aromatic nitrogens is 2. The lowest BCUT2D eigenvalue weighted by molar-refractivity contribution is 0.0804. The summed E-state index contributed by atoms with van der Waals surface area (Å²) in [5.41, 5.74) is 5.51. The number of hydrogen-bond donors (Lipinski definition) is 1. The normalized spacial score (nSPS) is 15.0. The fraction of sp³-hybridized carbons (Fsp3) is 0.800. The maximum Gasteiger partial charge on any atom is 0.257 e. The Balaban J connectivity index is 2.51. The predicted molar refractivity (Wildman–Crippen MR) is 64.2 cm³/mol. The van der Waals surface area contributed by atoms with E-state index in [-0.39, 0.29) is 6.10 Å². The molecule has 1 aromatic heterocycles. The zero-order valence-electron chi connectivity index (χ0n) is 9.97. The SMILES string of the molecule is CCC(C)SCc1noc(C(CN)OC)n1. The van der Waals surface area contributed by atoms with Crippen LogP contribution in [-0.4, -0.2) is 29.0 Å². The standard InChI is InChI=1S/C10H19N3O2S/c1-4-7(2)16-6-9-12-10(15-13-9)8(5-11)14-3/h7-8H,4-6,11H2,1-3H3. The van der Waals surface area contributed by atoms with Gasteiger partial charge in [0.05, 0.1) is 5.75 Å². The lowest BCUT2D eigenvalue weighted by Crippen LogP contribution is -2.14. The molecule has 1 aromatic rings. The van der Waals surface area contributed by atoms with Crippen molar-refractivity contribution in [2.45, 2.75) is 37.4 Å². The van der Waals surface area contributed by atoms with Crippen LogP contribution in [0, 0.1) is 0 Å². The van der Waals surface area contributed by atoms with Crippen LogP contribution in [0.15, 0.2) is 4.52 Å². The molecule has 92 valence electrons. The molecule has 0 bridgehead atoms. The molecule has 0 aromatic carbocycles. The third-order valence-electron chi connectivity index (χ3n) is 2.33. The quantitative estimate of drug-likeness (QED) is 0.788. The average molecular weight is 245 g/mol. The summed E-state index contributed by atoms with van der Waals surface area (Å²) in [6.45, 7) is 4.69. The first kappa shape index (κ1) is 13.5. The molecule has 2 N–H and O–H groups in total. The Kier molecular flexibility index (Phi) is 5.79. The molecule has 1 heterocycles. The van der Waals surface area contributed by atoms with Crippen LogP contribution in [0.2, 0.25) is 0 Å². The maximum absolute atomic E-state index is 5.51. The lowest BCUT2D eigenvalue weighted by atomic mass is 10.3. The van der Waals surface area contributed by atoms with E-state index in [1.807, 2.05) is 11.8 Å². The number of rotatable bonds is 7. The van der Waals surface area contributed by atoms with Gasteiger partial charge in [0.1, 0.15) is 6.10 Å². The summed E-state index contributed by atoms with van der Waals surface area (Å²) in [6, 6.07) is 0. The van der Waals surface area contributed by atoms with Crippen molar-refractivity contribution in [3.8, 4) is 0 Å². The minimum Gasteiger partial charge on any atom is -0.370 e. The number of nitrogens with two attached hydrogens (primary N) is 1. The van der Waals surface area contributed by atoms with Crippen LogP contribution >= 0.6 is 11.8 Å². The van der Waals surface area contributed by atoms with Gasteiger partial charge in [0, 0.05) is 18.9 Å². The van der Waals surface area contributed by atoms with Crippen molar-refractivity contribution < 1.29 is 9.26 Å². The first-order valence-electron chi connectivity index (χ1n) is 5.38. The van der Waals surface area contributed by atoms with Crippen molar-refractivity contribution in [1.82, 2.24) is 10.1 Å². The molecule has 1 rings (SSSR count). The zero-order valence-corrected chi connectivity index (χ0v) is 10.8. The Hall–Kier alpha value is -0.590. The van der Waals surface area contributed by atoms with E-state index in [2.05, 4.69) is 24.0 Å². The number of hydrogen-bond acceptors (Lipinski definition) is 6. The molecule has 2 unspecified atom stereocenters. The molecule has 0 aliphatic carbocycles. The Morgan fingerprint density at radius 2 is 2.31 bits per heavy atom. The van der Waals surface area contributed by atoms with E-state index < -0.39 is 0 Å². The predicted octanol–water partition coefficient (Wildman–Crippen LogP) is 1.75. The molecule has 16 heavy (non-hydrogen) atoms. The molecule has 0 saturated heterocycles. The van der Waals surface area contributed by atoms with Crippen LogP contribution in [0.3, 0.4) is 0 Å². The largest absolute Gasteiger partial charge is 0.370 e. The summed E-state index contributed by atoms with van der Waals surface area (Å²) in [5.74, 6) is 1.93. The molecular formula is C10H19N3O2S. The summed E-state index contributed by atoms with van der Waals surface area (Å²) in [5, 5.41) is 4.50. The van der Waals surface area contributed by atoms with Crippen LogP contribution < -0.4 is 5.73 Å². The molecular weight excluding hydrogens is 226 g/mol. The van der Waals surface area contributed by atoms with E-state index >= 15 is 0 Å². The van der Waals surface area contributed by atoms with Gasteiger partial charge in [-0.25, -0.2) is 0 Å². The van der Waals surface area contributed by atoms with Gasteiger partial charge in [-0.3, -0.25) is 0 Å². The van der Waals surface area contributed by atoms with Gasteiger partial charge in [-0.1, -0.05) is 19.0 Å². The van der Waals surface area contributed by atoms with Crippen LogP contribution in [0.1, 0.15) is 38.1 Å². The molecule has 0 aliphatic rings. The molecule has 5 nitrogen and oxygen atoms in total. The third-order valence-corrected chi connectivity index (χ3v) is 3.66. The molecule has 0 fully saturated rings. The topological polar surface area (TPSA) is 74.2 Å². The lowest BCUT2D eigenvalue weighted by Gasteiger charge is -2.06. The number of ether oxygens (including phenoxy) is 1. The minimum absolute atomic E-state index is 0.296. The maximum atomic E-state index is 5.51. The highest BCUT2D eigenvalue weighted by Gasteiger charge is 2.16. The molecule has 2 atom stereocenters. The Labute approximate surface area is 100 Å². The first-order chi connectivity index (χ1) is 7.71. The Morgan fingerprint density at radius 1 is 1.56 bits per heavy atom. The second-order valence-electron chi connectivity index (χ2n) is 3.54. The monoisotopic (exact) mass is 245 g/mol. The second-order valence-corrected chi connectivity index (χ2v) is 4.97. The van der Waals surface area contributed by atoms with Crippen molar-refractivity contribution in [2.75, 3.05) is 13.7 Å². The summed E-state index contributed by atoms with van der Waals surface area (Å²) < 4.78 is 10.2. The average Bonchev–Trinajstić information content (AvgIpc) is 2.76. The smallest absolute Gasteiger partial charge is 0.257 e. The summed E-state index contributed by atoms with van der Waals surface area (Å²) in [7, 11) is 1.58. The number of nitrogens with zero attached hydrogens (tertiary/aromatic N) is 2. The highest BCUT2D eigenvalue weighted by atomic mass is 32.2. The number of thioether (sulfide) groups is 1. The highest BCUT2D eigenvalue weighted by molar-refractivity contribution is 7.99. The van der Waals surface area contributed by atoms with Crippen LogP contribution in [0.4, 0.5) is 0 Å². The van der Waals surface area contributed by atoms with E-state index in [9.17, 15) is 0 Å². The zero-order chi connectivity index (χ0) is 12.0. The van der Waals surface area contributed by atoms with Crippen LogP contribution in [0.25, 0.3) is 0 Å². The summed E-state index contributed by atoms with van der Waals surface area (Å²) in [6.07, 6.45) is 0.841. The molecule has 0 amide bonds. The van der Waals surface area contributed by atoms with Crippen LogP contribution in [0.5, 0.6) is 0 Å². The fourth-order valence-electron chi connectivity index (χ4n) is 1.09. The van der Waals surface area contributed by atoms with Crippen molar-refractivity contribution in [2.24, 2.45) is 5.73 Å². The van der Waals surface area contributed by atoms with Gasteiger partial charge in [-0.05, 0) is 6.42 Å². The van der Waals surface area contributed by atoms with Gasteiger partial charge < -0.3 is 15.0 Å². The molecule has 0 radical (unpaired) electrons. The summed E-state index contributed by atoms with van der Waals surface area (Å²) >= 11 is 1.81. The van der Waals surface area contributed by atoms with E-state index in [4.69, 9.17) is 15.0 Å². The Bertz CT molecular complexity index is 302. The van der Waals surface area contributed by atoms with Gasteiger partial charge in [0.2, 0.25) is 0 Å². The van der Waals surface area contributed by atoms with Gasteiger partial charge in [-0.15, -0.1) is 0 Å². The van der Waals surface area contributed by atoms with E-state index in [0.29, 0.717) is 23.5 Å². The van der Waals surface area contributed by atoms with Crippen molar-refractivity contribution >= 4 is 11.8 Å². The molecule has 6 heteroatoms. The molecule has 0 aliphatic heterocycles. The van der Waals surface area contributed by atoms with Gasteiger partial charge in [0.25, 0.3) is 5.89 Å². The van der Waals surface area contributed by atoms with Gasteiger partial charge >= 0.3 is 0 Å². The van der Waals surface area contributed by atoms with Crippen molar-refractivity contribution in [3.63, 3.8) is 0 Å². The van der Waals surface area contributed by atoms with E-state index in [1.165, 1.54) is 0 Å². The first-order valence-corrected chi connectivity index (χ1v) is 6.43. The summed E-state index contributed by atoms with van der Waals surface area (Å²) in [4.78, 5) is 4.25. The van der Waals surface area contributed by atoms with Gasteiger partial charge in [0.15, 0.2) is 5.82 Å². The van der Waals surface area contributed by atoms with E-state index in [0.717, 1.165) is 12.2 Å². The number of methoxy groups -OCH3 is 1. The molecule has 0 spiro atoms. The Morgan fingerprint density at radius 3 is 2.88 bits per heavy atom. The van der Waals surface area contributed by atoms with Crippen molar-refractivity contribution in [1.29, 1.82) is 0 Å². The van der Waals surface area contributed by atoms with Gasteiger partial charge in [-0.2, -0.15) is 16.7 Å². The highest BCUT2D eigenvalue weighted by Crippen LogP contribution is 2.19. The fourth-order valence-corrected chi connectivity index (χ4v) is 1.88. The third kappa shape index (κ3) is 3.77. The minimum atomic E-state index is -0.296. The second kappa shape index (κ2) is 6.88. The molecule has 0 saturated carbocycles.